The summed E-state index contributed by atoms with van der Waals surface area (Å²) in [6.45, 7) is 2.38. The number of ether oxygens (including phenoxy) is 1. The topological polar surface area (TPSA) is 21.3 Å². The molecule has 1 N–H and O–H groups in total. The third-order valence-corrected chi connectivity index (χ3v) is 3.22. The Bertz CT molecular complexity index is 356. The molecular formula is C14H19F2NO. The Kier molecular flexibility index (Phi) is 5.08. The third-order valence-electron chi connectivity index (χ3n) is 3.22. The highest BCUT2D eigenvalue weighted by atomic mass is 19.1. The molecule has 0 aliphatic carbocycles. The molecule has 1 aliphatic rings. The van der Waals surface area contributed by atoms with Crippen LogP contribution in [0.15, 0.2) is 18.2 Å². The second kappa shape index (κ2) is 6.81. The molecular weight excluding hydrogens is 236 g/mol. The molecule has 1 fully saturated rings. The van der Waals surface area contributed by atoms with Crippen molar-refractivity contribution in [1.82, 2.24) is 5.32 Å². The molecule has 0 amide bonds. The van der Waals surface area contributed by atoms with Gasteiger partial charge in [0.05, 0.1) is 0 Å². The summed E-state index contributed by atoms with van der Waals surface area (Å²) in [7, 11) is 0. The van der Waals surface area contributed by atoms with Gasteiger partial charge in [0.2, 0.25) is 0 Å². The number of hydrogen-bond donors (Lipinski definition) is 1. The Morgan fingerprint density at radius 1 is 1.11 bits per heavy atom. The van der Waals surface area contributed by atoms with Crippen molar-refractivity contribution in [3.05, 3.63) is 35.4 Å². The normalized spacial score (nSPS) is 20.7. The van der Waals surface area contributed by atoms with Crippen LogP contribution in [-0.4, -0.2) is 25.8 Å². The first-order valence-corrected chi connectivity index (χ1v) is 6.50. The van der Waals surface area contributed by atoms with Gasteiger partial charge in [-0.15, -0.1) is 0 Å². The van der Waals surface area contributed by atoms with Crippen LogP contribution in [0.3, 0.4) is 0 Å². The van der Waals surface area contributed by atoms with Crippen LogP contribution < -0.4 is 5.32 Å². The lowest BCUT2D eigenvalue weighted by molar-refractivity contribution is 0.142. The molecule has 2 nitrogen and oxygen atoms in total. The van der Waals surface area contributed by atoms with E-state index in [2.05, 4.69) is 5.32 Å². The van der Waals surface area contributed by atoms with Crippen molar-refractivity contribution in [3.8, 4) is 0 Å². The number of hydrogen-bond acceptors (Lipinski definition) is 2. The van der Waals surface area contributed by atoms with E-state index in [-0.39, 0.29) is 0 Å². The monoisotopic (exact) mass is 255 g/mol. The largest absolute Gasteiger partial charge is 0.381 e. The zero-order valence-electron chi connectivity index (χ0n) is 10.4. The van der Waals surface area contributed by atoms with Gasteiger partial charge in [0, 0.05) is 25.3 Å². The Morgan fingerprint density at radius 2 is 1.89 bits per heavy atom. The van der Waals surface area contributed by atoms with E-state index in [9.17, 15) is 8.78 Å². The van der Waals surface area contributed by atoms with Gasteiger partial charge < -0.3 is 10.1 Å². The Labute approximate surface area is 106 Å². The van der Waals surface area contributed by atoms with E-state index in [1.165, 1.54) is 12.1 Å². The molecule has 0 saturated carbocycles. The van der Waals surface area contributed by atoms with Crippen LogP contribution in [0.4, 0.5) is 8.78 Å². The average Bonchev–Trinajstić information content (AvgIpc) is 2.56. The van der Waals surface area contributed by atoms with E-state index in [0.717, 1.165) is 45.1 Å². The van der Waals surface area contributed by atoms with E-state index in [0.29, 0.717) is 18.0 Å². The number of halogens is 2. The van der Waals surface area contributed by atoms with Crippen molar-refractivity contribution < 1.29 is 13.5 Å². The quantitative estimate of drug-likeness (QED) is 0.893. The van der Waals surface area contributed by atoms with Crippen molar-refractivity contribution in [2.45, 2.75) is 31.7 Å². The highest BCUT2D eigenvalue weighted by molar-refractivity contribution is 5.18. The van der Waals surface area contributed by atoms with Crippen LogP contribution >= 0.6 is 0 Å². The number of rotatable bonds is 4. The molecule has 0 aromatic heterocycles. The lowest BCUT2D eigenvalue weighted by Gasteiger charge is -2.15. The summed E-state index contributed by atoms with van der Waals surface area (Å²) in [6, 6.07) is 4.15. The molecule has 0 radical (unpaired) electrons. The van der Waals surface area contributed by atoms with Gasteiger partial charge in [-0.05, 0) is 49.9 Å². The van der Waals surface area contributed by atoms with E-state index in [1.807, 2.05) is 0 Å². The highest BCUT2D eigenvalue weighted by Gasteiger charge is 2.11. The summed E-state index contributed by atoms with van der Waals surface area (Å²) in [5, 5.41) is 3.42. The van der Waals surface area contributed by atoms with Crippen molar-refractivity contribution in [1.29, 1.82) is 0 Å². The Morgan fingerprint density at radius 3 is 2.67 bits per heavy atom. The molecule has 100 valence electrons. The molecule has 1 atom stereocenters. The molecule has 2 rings (SSSR count). The summed E-state index contributed by atoms with van der Waals surface area (Å²) in [4.78, 5) is 0. The summed E-state index contributed by atoms with van der Waals surface area (Å²) in [5.74, 6) is -1.01. The number of benzene rings is 1. The maximum atomic E-state index is 13.0. The average molecular weight is 255 g/mol. The predicted octanol–water partition coefficient (Wildman–Crippen LogP) is 2.67. The summed E-state index contributed by atoms with van der Waals surface area (Å²) in [5.41, 5.74) is 0.699. The molecule has 1 unspecified atom stereocenters. The van der Waals surface area contributed by atoms with Crippen LogP contribution in [0, 0.1) is 11.6 Å². The van der Waals surface area contributed by atoms with Gasteiger partial charge in [-0.1, -0.05) is 0 Å². The molecule has 0 spiro atoms. The fourth-order valence-corrected chi connectivity index (χ4v) is 2.28. The summed E-state index contributed by atoms with van der Waals surface area (Å²) in [6.07, 6.45) is 3.84. The lowest BCUT2D eigenvalue weighted by Crippen LogP contribution is -2.31. The van der Waals surface area contributed by atoms with E-state index in [4.69, 9.17) is 4.74 Å². The molecule has 18 heavy (non-hydrogen) atoms. The standard InChI is InChI=1S/C14H19F2NO/c15-12-8-11(9-13(16)10-12)3-5-17-14-2-1-6-18-7-4-14/h8-10,14,17H,1-7H2. The minimum atomic E-state index is -0.507. The smallest absolute Gasteiger partial charge is 0.126 e. The van der Waals surface area contributed by atoms with Crippen LogP contribution in [0.5, 0.6) is 0 Å². The first kappa shape index (κ1) is 13.4. The summed E-state index contributed by atoms with van der Waals surface area (Å²) < 4.78 is 31.4. The second-order valence-electron chi connectivity index (χ2n) is 4.72. The fourth-order valence-electron chi connectivity index (χ4n) is 2.28. The van der Waals surface area contributed by atoms with Crippen LogP contribution in [0.25, 0.3) is 0 Å². The van der Waals surface area contributed by atoms with Gasteiger partial charge in [0.1, 0.15) is 11.6 Å². The molecule has 0 bridgehead atoms. The molecule has 4 heteroatoms. The van der Waals surface area contributed by atoms with Gasteiger partial charge >= 0.3 is 0 Å². The second-order valence-corrected chi connectivity index (χ2v) is 4.72. The zero-order valence-corrected chi connectivity index (χ0v) is 10.4. The van der Waals surface area contributed by atoms with Crippen LogP contribution in [-0.2, 0) is 11.2 Å². The van der Waals surface area contributed by atoms with Crippen molar-refractivity contribution >= 4 is 0 Å². The fraction of sp³-hybridized carbons (Fsp3) is 0.571. The molecule has 1 aromatic rings. The van der Waals surface area contributed by atoms with Crippen molar-refractivity contribution in [2.75, 3.05) is 19.8 Å². The predicted molar refractivity (Wildman–Crippen MR) is 66.5 cm³/mol. The maximum Gasteiger partial charge on any atom is 0.126 e. The minimum absolute atomic E-state index is 0.464. The molecule has 1 saturated heterocycles. The van der Waals surface area contributed by atoms with Crippen LogP contribution in [0.2, 0.25) is 0 Å². The third kappa shape index (κ3) is 4.35. The highest BCUT2D eigenvalue weighted by Crippen LogP contribution is 2.10. The Balaban J connectivity index is 1.77. The molecule has 1 aliphatic heterocycles. The van der Waals surface area contributed by atoms with Gasteiger partial charge in [0.15, 0.2) is 0 Å². The molecule has 1 aromatic carbocycles. The van der Waals surface area contributed by atoms with Gasteiger partial charge in [0.25, 0.3) is 0 Å². The van der Waals surface area contributed by atoms with Gasteiger partial charge in [-0.3, -0.25) is 0 Å². The SMILES string of the molecule is Fc1cc(F)cc(CCNC2CCCOCC2)c1. The van der Waals surface area contributed by atoms with Crippen molar-refractivity contribution in [2.24, 2.45) is 0 Å². The van der Waals surface area contributed by atoms with Gasteiger partial charge in [-0.2, -0.15) is 0 Å². The first-order valence-electron chi connectivity index (χ1n) is 6.50. The van der Waals surface area contributed by atoms with Crippen LogP contribution in [0.1, 0.15) is 24.8 Å². The Hall–Kier alpha value is -1.00. The maximum absolute atomic E-state index is 13.0. The van der Waals surface area contributed by atoms with E-state index < -0.39 is 11.6 Å². The minimum Gasteiger partial charge on any atom is -0.381 e. The van der Waals surface area contributed by atoms with Crippen molar-refractivity contribution in [3.63, 3.8) is 0 Å². The van der Waals surface area contributed by atoms with Gasteiger partial charge in [-0.25, -0.2) is 8.78 Å². The van der Waals surface area contributed by atoms with E-state index >= 15 is 0 Å². The zero-order chi connectivity index (χ0) is 12.8. The van der Waals surface area contributed by atoms with E-state index in [1.54, 1.807) is 0 Å². The number of nitrogens with one attached hydrogen (secondary N) is 1. The lowest BCUT2D eigenvalue weighted by atomic mass is 10.1. The molecule has 1 heterocycles. The summed E-state index contributed by atoms with van der Waals surface area (Å²) >= 11 is 0. The first-order chi connectivity index (χ1) is 8.74.